The summed E-state index contributed by atoms with van der Waals surface area (Å²) in [7, 11) is 0. The Bertz CT molecular complexity index is 1400. The summed E-state index contributed by atoms with van der Waals surface area (Å²) < 4.78 is 3.02. The van der Waals surface area contributed by atoms with Crippen molar-refractivity contribution in [2.45, 2.75) is 13.3 Å². The Labute approximate surface area is 212 Å². The van der Waals surface area contributed by atoms with Gasteiger partial charge in [-0.3, -0.25) is 19.8 Å². The number of carbonyl (C=O) groups is 3. The molecule has 0 aliphatic rings. The van der Waals surface area contributed by atoms with Gasteiger partial charge in [0.05, 0.1) is 5.52 Å². The van der Waals surface area contributed by atoms with Gasteiger partial charge in [0.25, 0.3) is 5.91 Å². The highest BCUT2D eigenvalue weighted by Gasteiger charge is 2.21. The fourth-order valence-corrected chi connectivity index (χ4v) is 4.13. The molecule has 0 aliphatic carbocycles. The molecule has 3 amide bonds. The summed E-state index contributed by atoms with van der Waals surface area (Å²) in [6.45, 7) is 1.96. The number of anilines is 2. The fourth-order valence-electron chi connectivity index (χ4n) is 3.48. The summed E-state index contributed by atoms with van der Waals surface area (Å²) in [4.78, 5) is 38.6. The predicted molar refractivity (Wildman–Crippen MR) is 141 cm³/mol. The van der Waals surface area contributed by atoms with Crippen molar-refractivity contribution < 1.29 is 14.4 Å². The number of hydrogen-bond acceptors (Lipinski definition) is 3. The van der Waals surface area contributed by atoms with E-state index in [4.69, 9.17) is 0 Å². The molecule has 9 heteroatoms. The maximum Gasteiger partial charge on any atom is 0.328 e. The Morgan fingerprint density at radius 1 is 0.824 bits per heavy atom. The molecular formula is C25H20Br2N4O3. The average Bonchev–Trinajstić information content (AvgIpc) is 3.18. The van der Waals surface area contributed by atoms with Crippen molar-refractivity contribution in [3.8, 4) is 0 Å². The summed E-state index contributed by atoms with van der Waals surface area (Å²) in [6, 6.07) is 21.4. The number of carbonyl (C=O) groups excluding carboxylic acids is 3. The van der Waals surface area contributed by atoms with Gasteiger partial charge in [0.15, 0.2) is 0 Å². The molecule has 172 valence electrons. The summed E-state index contributed by atoms with van der Waals surface area (Å²) in [5.74, 6) is -2.17. The molecule has 0 spiro atoms. The Morgan fingerprint density at radius 2 is 1.53 bits per heavy atom. The van der Waals surface area contributed by atoms with E-state index in [-0.39, 0.29) is 5.69 Å². The third-order valence-corrected chi connectivity index (χ3v) is 6.19. The van der Waals surface area contributed by atoms with Gasteiger partial charge in [-0.15, -0.1) is 0 Å². The lowest BCUT2D eigenvalue weighted by atomic mass is 10.1. The zero-order chi connectivity index (χ0) is 24.2. The first-order valence-electron chi connectivity index (χ1n) is 10.4. The van der Waals surface area contributed by atoms with E-state index >= 15 is 0 Å². The van der Waals surface area contributed by atoms with Crippen LogP contribution in [0.25, 0.3) is 10.9 Å². The maximum atomic E-state index is 13.1. The number of halogens is 2. The number of aryl methyl sites for hydroxylation is 1. The number of fused-ring (bicyclic) bond motifs is 1. The second-order valence-electron chi connectivity index (χ2n) is 7.43. The van der Waals surface area contributed by atoms with E-state index in [2.05, 4.69) is 47.9 Å². The largest absolute Gasteiger partial charge is 0.328 e. The number of para-hydroxylation sites is 1. The van der Waals surface area contributed by atoms with Crippen molar-refractivity contribution in [3.05, 3.63) is 93.0 Å². The zero-order valence-electron chi connectivity index (χ0n) is 18.1. The van der Waals surface area contributed by atoms with Gasteiger partial charge in [0.1, 0.15) is 5.69 Å². The van der Waals surface area contributed by atoms with Crippen LogP contribution in [0.3, 0.4) is 0 Å². The van der Waals surface area contributed by atoms with Crippen LogP contribution in [0.5, 0.6) is 0 Å². The van der Waals surface area contributed by atoms with Gasteiger partial charge in [0, 0.05) is 25.7 Å². The Hall–Kier alpha value is -3.43. The highest BCUT2D eigenvalue weighted by atomic mass is 79.9. The number of benzene rings is 3. The van der Waals surface area contributed by atoms with E-state index in [0.717, 1.165) is 14.5 Å². The molecule has 1 aromatic heterocycles. The summed E-state index contributed by atoms with van der Waals surface area (Å²) in [5, 5.41) is 6.18. The molecule has 0 unspecified atom stereocenters. The zero-order valence-corrected chi connectivity index (χ0v) is 21.2. The third-order valence-electron chi connectivity index (χ3n) is 5.16. The van der Waals surface area contributed by atoms with Gasteiger partial charge in [-0.1, -0.05) is 57.0 Å². The van der Waals surface area contributed by atoms with Crippen molar-refractivity contribution in [2.75, 3.05) is 16.1 Å². The van der Waals surface area contributed by atoms with Crippen molar-refractivity contribution >= 4 is 71.9 Å². The van der Waals surface area contributed by atoms with Crippen molar-refractivity contribution in [3.63, 3.8) is 0 Å². The highest BCUT2D eigenvalue weighted by molar-refractivity contribution is 9.10. The number of rotatable bonds is 5. The summed E-state index contributed by atoms with van der Waals surface area (Å²) >= 11 is 6.79. The molecule has 34 heavy (non-hydrogen) atoms. The lowest BCUT2D eigenvalue weighted by Gasteiger charge is -2.14. The molecule has 0 fully saturated rings. The van der Waals surface area contributed by atoms with Crippen LogP contribution in [-0.2, 0) is 16.0 Å². The molecule has 0 atom stereocenters. The van der Waals surface area contributed by atoms with Crippen LogP contribution in [0.4, 0.5) is 11.4 Å². The van der Waals surface area contributed by atoms with Crippen molar-refractivity contribution in [1.29, 1.82) is 0 Å². The van der Waals surface area contributed by atoms with Crippen LogP contribution in [0.2, 0.25) is 0 Å². The molecule has 0 aliphatic heterocycles. The lowest BCUT2D eigenvalue weighted by Crippen LogP contribution is -2.36. The fraction of sp³-hybridized carbons (Fsp3) is 0.0800. The lowest BCUT2D eigenvalue weighted by molar-refractivity contribution is -0.133. The molecule has 0 bridgehead atoms. The van der Waals surface area contributed by atoms with Gasteiger partial charge < -0.3 is 10.6 Å². The van der Waals surface area contributed by atoms with E-state index < -0.39 is 17.7 Å². The molecule has 4 rings (SSSR count). The van der Waals surface area contributed by atoms with E-state index in [1.807, 2.05) is 37.3 Å². The van der Waals surface area contributed by atoms with Crippen LogP contribution < -0.4 is 16.1 Å². The van der Waals surface area contributed by atoms with Crippen LogP contribution in [-0.4, -0.2) is 22.4 Å². The second-order valence-corrected chi connectivity index (χ2v) is 9.27. The van der Waals surface area contributed by atoms with Crippen LogP contribution in [0.15, 0.2) is 81.7 Å². The monoisotopic (exact) mass is 582 g/mol. The Balaban J connectivity index is 1.62. The molecule has 4 aromatic rings. The number of amides is 3. The van der Waals surface area contributed by atoms with Gasteiger partial charge in [-0.05, 0) is 66.6 Å². The Morgan fingerprint density at radius 3 is 2.26 bits per heavy atom. The molecule has 1 heterocycles. The van der Waals surface area contributed by atoms with E-state index in [9.17, 15) is 14.4 Å². The molecule has 7 nitrogen and oxygen atoms in total. The SMILES string of the molecule is CCc1ccccc1NC(=O)C(=O)Nn1c(C(=O)Nc2ccc(Br)cc2)cc2cc(Br)ccc21. The van der Waals surface area contributed by atoms with Crippen LogP contribution in [0, 0.1) is 0 Å². The van der Waals surface area contributed by atoms with Crippen LogP contribution >= 0.6 is 31.9 Å². The normalized spacial score (nSPS) is 10.7. The first-order chi connectivity index (χ1) is 16.4. The molecule has 0 saturated heterocycles. The third kappa shape index (κ3) is 5.21. The average molecular weight is 584 g/mol. The Kier molecular flexibility index (Phi) is 7.14. The number of aromatic nitrogens is 1. The first-order valence-corrected chi connectivity index (χ1v) is 12.0. The molecular weight excluding hydrogens is 564 g/mol. The summed E-state index contributed by atoms with van der Waals surface area (Å²) in [6.07, 6.45) is 0.704. The minimum absolute atomic E-state index is 0.172. The van der Waals surface area contributed by atoms with Gasteiger partial charge in [-0.2, -0.15) is 0 Å². The van der Waals surface area contributed by atoms with Gasteiger partial charge in [0.2, 0.25) is 0 Å². The van der Waals surface area contributed by atoms with Gasteiger partial charge >= 0.3 is 11.8 Å². The van der Waals surface area contributed by atoms with Crippen molar-refractivity contribution in [2.24, 2.45) is 0 Å². The number of hydrogen-bond donors (Lipinski definition) is 3. The predicted octanol–water partition coefficient (Wildman–Crippen LogP) is 5.69. The maximum absolute atomic E-state index is 13.1. The van der Waals surface area contributed by atoms with E-state index in [1.54, 1.807) is 42.5 Å². The smallest absolute Gasteiger partial charge is 0.321 e. The topological polar surface area (TPSA) is 92.2 Å². The van der Waals surface area contributed by atoms with Gasteiger partial charge in [-0.25, -0.2) is 4.68 Å². The molecule has 0 saturated carbocycles. The quantitative estimate of drug-likeness (QED) is 0.264. The number of nitrogens with one attached hydrogen (secondary N) is 3. The number of nitrogens with zero attached hydrogens (tertiary/aromatic N) is 1. The van der Waals surface area contributed by atoms with Crippen LogP contribution in [0.1, 0.15) is 23.0 Å². The molecule has 3 N–H and O–H groups in total. The molecule has 3 aromatic carbocycles. The minimum atomic E-state index is -0.899. The van der Waals surface area contributed by atoms with Crippen molar-refractivity contribution in [1.82, 2.24) is 4.68 Å². The first kappa shape index (κ1) is 23.7. The minimum Gasteiger partial charge on any atom is -0.321 e. The standard InChI is InChI=1S/C25H20Br2N4O3/c1-2-15-5-3-4-6-20(15)29-24(33)25(34)30-31-21-12-9-18(27)13-16(21)14-22(31)23(32)28-19-10-7-17(26)8-11-19/h3-14H,2H2,1H3,(H,28,32)(H,29,33)(H,30,34). The summed E-state index contributed by atoms with van der Waals surface area (Å²) in [5.41, 5.74) is 5.38. The highest BCUT2D eigenvalue weighted by Crippen LogP contribution is 2.24. The van der Waals surface area contributed by atoms with E-state index in [0.29, 0.717) is 28.7 Å². The van der Waals surface area contributed by atoms with E-state index in [1.165, 1.54) is 4.68 Å². The second kappa shape index (κ2) is 10.2. The molecule has 0 radical (unpaired) electrons.